The van der Waals surface area contributed by atoms with Crippen LogP contribution in [0.15, 0.2) is 54.7 Å². The Hall–Kier alpha value is -3.08. The third-order valence-electron chi connectivity index (χ3n) is 5.45. The zero-order valence-corrected chi connectivity index (χ0v) is 16.2. The first-order valence-corrected chi connectivity index (χ1v) is 9.78. The molecule has 0 fully saturated rings. The van der Waals surface area contributed by atoms with Crippen LogP contribution in [0.4, 0.5) is 0 Å². The molecule has 3 aromatic rings. The van der Waals surface area contributed by atoms with Crippen molar-refractivity contribution in [1.82, 2.24) is 15.2 Å². The Morgan fingerprint density at radius 2 is 1.89 bits per heavy atom. The molecule has 0 saturated carbocycles. The summed E-state index contributed by atoms with van der Waals surface area (Å²) in [7, 11) is 0. The van der Waals surface area contributed by atoms with Crippen molar-refractivity contribution < 1.29 is 9.59 Å². The number of amides is 2. The van der Waals surface area contributed by atoms with Gasteiger partial charge >= 0.3 is 0 Å². The van der Waals surface area contributed by atoms with Crippen molar-refractivity contribution in [2.75, 3.05) is 6.54 Å². The predicted molar refractivity (Wildman–Crippen MR) is 110 cm³/mol. The molecular formula is C23H25N3O2. The van der Waals surface area contributed by atoms with Crippen molar-refractivity contribution in [3.63, 3.8) is 0 Å². The van der Waals surface area contributed by atoms with Crippen LogP contribution in [0.5, 0.6) is 0 Å². The van der Waals surface area contributed by atoms with Crippen molar-refractivity contribution in [2.24, 2.45) is 5.92 Å². The number of carbonyl (C=O) groups excluding carboxylic acids is 2. The van der Waals surface area contributed by atoms with E-state index in [-0.39, 0.29) is 17.7 Å². The first-order valence-electron chi connectivity index (χ1n) is 9.78. The first kappa shape index (κ1) is 18.3. The van der Waals surface area contributed by atoms with Crippen molar-refractivity contribution >= 4 is 22.7 Å². The lowest BCUT2D eigenvalue weighted by molar-refractivity contribution is -0.127. The summed E-state index contributed by atoms with van der Waals surface area (Å²) in [6.45, 7) is 5.01. The van der Waals surface area contributed by atoms with Gasteiger partial charge in [0.15, 0.2) is 0 Å². The molecule has 0 saturated heterocycles. The van der Waals surface area contributed by atoms with E-state index in [1.807, 2.05) is 62.5 Å². The Kier molecular flexibility index (Phi) is 4.90. The highest BCUT2D eigenvalue weighted by Gasteiger charge is 2.37. The number of nitrogens with one attached hydrogen (secondary N) is 2. The van der Waals surface area contributed by atoms with E-state index < -0.39 is 6.04 Å². The van der Waals surface area contributed by atoms with Gasteiger partial charge in [-0.05, 0) is 35.6 Å². The van der Waals surface area contributed by atoms with Crippen LogP contribution in [0.25, 0.3) is 10.9 Å². The number of aromatic nitrogens is 1. The number of carbonyl (C=O) groups is 2. The lowest BCUT2D eigenvalue weighted by Crippen LogP contribution is -2.50. The van der Waals surface area contributed by atoms with E-state index in [1.165, 1.54) is 10.9 Å². The second-order valence-electron chi connectivity index (χ2n) is 7.68. The summed E-state index contributed by atoms with van der Waals surface area (Å²) in [5.74, 6) is -0.108. The number of nitrogens with zero attached hydrogens (tertiary/aromatic N) is 1. The fourth-order valence-corrected chi connectivity index (χ4v) is 4.07. The van der Waals surface area contributed by atoms with Gasteiger partial charge in [0, 0.05) is 35.8 Å². The number of para-hydroxylation sites is 1. The maximum absolute atomic E-state index is 12.9. The Balaban J connectivity index is 1.43. The monoisotopic (exact) mass is 375 g/mol. The van der Waals surface area contributed by atoms with Gasteiger partial charge in [0.25, 0.3) is 5.91 Å². The van der Waals surface area contributed by atoms with Crippen LogP contribution in [-0.2, 0) is 17.8 Å². The van der Waals surface area contributed by atoms with E-state index in [0.717, 1.165) is 17.5 Å². The Bertz CT molecular complexity index is 1020. The Morgan fingerprint density at radius 3 is 2.68 bits per heavy atom. The van der Waals surface area contributed by atoms with Gasteiger partial charge in [0.1, 0.15) is 6.04 Å². The van der Waals surface area contributed by atoms with Crippen LogP contribution in [0.1, 0.15) is 35.3 Å². The smallest absolute Gasteiger partial charge is 0.255 e. The van der Waals surface area contributed by atoms with Crippen LogP contribution in [-0.4, -0.2) is 34.3 Å². The zero-order valence-electron chi connectivity index (χ0n) is 16.2. The molecule has 2 N–H and O–H groups in total. The summed E-state index contributed by atoms with van der Waals surface area (Å²) in [5.41, 5.74) is 3.98. The minimum Gasteiger partial charge on any atom is -0.361 e. The second-order valence-corrected chi connectivity index (χ2v) is 7.68. The molecule has 0 bridgehead atoms. The summed E-state index contributed by atoms with van der Waals surface area (Å²) >= 11 is 0. The molecule has 2 heterocycles. The van der Waals surface area contributed by atoms with Crippen molar-refractivity contribution in [3.8, 4) is 0 Å². The molecule has 144 valence electrons. The van der Waals surface area contributed by atoms with Gasteiger partial charge in [-0.1, -0.05) is 50.2 Å². The Labute approximate surface area is 164 Å². The number of H-pyrrole nitrogens is 1. The van der Waals surface area contributed by atoms with Crippen LogP contribution >= 0.6 is 0 Å². The fourth-order valence-electron chi connectivity index (χ4n) is 4.07. The molecule has 5 nitrogen and oxygen atoms in total. The molecule has 0 spiro atoms. The van der Waals surface area contributed by atoms with E-state index in [2.05, 4.69) is 16.4 Å². The van der Waals surface area contributed by atoms with Crippen LogP contribution in [0, 0.1) is 5.92 Å². The first-order chi connectivity index (χ1) is 13.6. The highest BCUT2D eigenvalue weighted by molar-refractivity contribution is 6.01. The molecule has 28 heavy (non-hydrogen) atoms. The van der Waals surface area contributed by atoms with E-state index >= 15 is 0 Å². The molecule has 4 rings (SSSR count). The highest BCUT2D eigenvalue weighted by atomic mass is 16.2. The molecule has 0 aliphatic carbocycles. The molecule has 1 atom stereocenters. The number of aromatic amines is 1. The fraction of sp³-hybridized carbons (Fsp3) is 0.304. The largest absolute Gasteiger partial charge is 0.361 e. The third-order valence-corrected chi connectivity index (χ3v) is 5.45. The number of rotatable bonds is 6. The summed E-state index contributed by atoms with van der Waals surface area (Å²) in [6.07, 6.45) is 2.74. The maximum Gasteiger partial charge on any atom is 0.255 e. The summed E-state index contributed by atoms with van der Waals surface area (Å²) < 4.78 is 0. The summed E-state index contributed by atoms with van der Waals surface area (Å²) in [6, 6.07) is 15.3. The average Bonchev–Trinajstić information content (AvgIpc) is 3.24. The van der Waals surface area contributed by atoms with Crippen molar-refractivity contribution in [3.05, 3.63) is 71.4 Å². The zero-order chi connectivity index (χ0) is 19.7. The summed E-state index contributed by atoms with van der Waals surface area (Å²) in [4.78, 5) is 30.7. The highest BCUT2D eigenvalue weighted by Crippen LogP contribution is 2.27. The molecule has 5 heteroatoms. The van der Waals surface area contributed by atoms with Gasteiger partial charge in [-0.15, -0.1) is 0 Å². The number of fused-ring (bicyclic) bond motifs is 2. The standard InChI is InChI=1S/C23H25N3O2/c1-15(2)21(26-14-17-7-3-4-9-19(17)23(26)28)22(27)24-12-11-16-13-25-20-10-6-5-8-18(16)20/h3-10,13,15,21,25H,11-12,14H2,1-2H3,(H,24,27)/t21-/m0/s1. The van der Waals surface area contributed by atoms with Crippen molar-refractivity contribution in [2.45, 2.75) is 32.9 Å². The minimum absolute atomic E-state index is 0.0337. The van der Waals surface area contributed by atoms with Crippen LogP contribution in [0.2, 0.25) is 0 Å². The van der Waals surface area contributed by atoms with Gasteiger partial charge < -0.3 is 15.2 Å². The lowest BCUT2D eigenvalue weighted by Gasteiger charge is -2.30. The van der Waals surface area contributed by atoms with E-state index in [1.54, 1.807) is 4.90 Å². The predicted octanol–water partition coefficient (Wildman–Crippen LogP) is 3.51. The molecular weight excluding hydrogens is 350 g/mol. The molecule has 0 radical (unpaired) electrons. The molecule has 2 amide bonds. The van der Waals surface area contributed by atoms with Gasteiger partial charge in [0.05, 0.1) is 0 Å². The number of hydrogen-bond donors (Lipinski definition) is 2. The number of benzene rings is 2. The maximum atomic E-state index is 12.9. The summed E-state index contributed by atoms with van der Waals surface area (Å²) in [5, 5.41) is 4.23. The molecule has 1 aliphatic rings. The molecule has 1 aromatic heterocycles. The molecule has 0 unspecified atom stereocenters. The second kappa shape index (κ2) is 7.50. The Morgan fingerprint density at radius 1 is 1.14 bits per heavy atom. The SMILES string of the molecule is CC(C)[C@@H](C(=O)NCCc1c[nH]c2ccccc12)N1Cc2ccccc2C1=O. The van der Waals surface area contributed by atoms with E-state index in [4.69, 9.17) is 0 Å². The van der Waals surface area contributed by atoms with Gasteiger partial charge in [-0.3, -0.25) is 9.59 Å². The van der Waals surface area contributed by atoms with E-state index in [0.29, 0.717) is 18.7 Å². The molecule has 2 aromatic carbocycles. The van der Waals surface area contributed by atoms with E-state index in [9.17, 15) is 9.59 Å². The lowest BCUT2D eigenvalue weighted by atomic mass is 10.0. The van der Waals surface area contributed by atoms with Gasteiger partial charge in [-0.2, -0.15) is 0 Å². The van der Waals surface area contributed by atoms with Gasteiger partial charge in [-0.25, -0.2) is 0 Å². The number of hydrogen-bond acceptors (Lipinski definition) is 2. The quantitative estimate of drug-likeness (QED) is 0.692. The van der Waals surface area contributed by atoms with Crippen LogP contribution < -0.4 is 5.32 Å². The molecule has 1 aliphatic heterocycles. The topological polar surface area (TPSA) is 65.2 Å². The van der Waals surface area contributed by atoms with Crippen molar-refractivity contribution in [1.29, 1.82) is 0 Å². The average molecular weight is 375 g/mol. The normalized spacial score (nSPS) is 14.5. The van der Waals surface area contributed by atoms with Crippen LogP contribution in [0.3, 0.4) is 0 Å². The minimum atomic E-state index is -0.470. The third kappa shape index (κ3) is 3.28. The van der Waals surface area contributed by atoms with Gasteiger partial charge in [0.2, 0.25) is 5.91 Å².